The summed E-state index contributed by atoms with van der Waals surface area (Å²) in [5.41, 5.74) is 0.357. The van der Waals surface area contributed by atoms with Gasteiger partial charge in [0, 0.05) is 23.4 Å². The lowest BCUT2D eigenvalue weighted by Crippen LogP contribution is -2.49. The number of hydrogen-bond acceptors (Lipinski definition) is 4. The second kappa shape index (κ2) is 9.57. The van der Waals surface area contributed by atoms with E-state index in [1.807, 2.05) is 52.8 Å². The van der Waals surface area contributed by atoms with Crippen molar-refractivity contribution in [1.29, 1.82) is 0 Å². The van der Waals surface area contributed by atoms with Gasteiger partial charge in [-0.05, 0) is 92.8 Å². The Kier molecular flexibility index (Phi) is 8.16. The second-order valence-corrected chi connectivity index (χ2v) is 14.0. The van der Waals surface area contributed by atoms with E-state index < -0.39 is 27.7 Å². The number of carbonyl (C=O) groups is 1. The normalized spacial score (nSPS) is 23.6. The van der Waals surface area contributed by atoms with Gasteiger partial charge in [-0.15, -0.1) is 4.72 Å². The summed E-state index contributed by atoms with van der Waals surface area (Å²) in [6.45, 7) is 17.0. The van der Waals surface area contributed by atoms with Gasteiger partial charge in [0.05, 0.1) is 11.7 Å². The molecule has 8 heteroatoms. The zero-order valence-corrected chi connectivity index (χ0v) is 22.4. The van der Waals surface area contributed by atoms with E-state index in [1.54, 1.807) is 4.90 Å². The minimum atomic E-state index is -1.24. The molecule has 1 aromatic heterocycles. The van der Waals surface area contributed by atoms with Gasteiger partial charge < -0.3 is 14.6 Å². The highest BCUT2D eigenvalue weighted by Gasteiger charge is 2.53. The lowest BCUT2D eigenvalue weighted by molar-refractivity contribution is 0.0632. The standard InChI is InChI=1S/C23H38BrN3O3S/c1-21(2,3)19-15(14-27(20(28)29)23(19,7)8)12-13-17(26-31(30)22(4,5)6)16-10-9-11-18(24)25-16/h9-11,15,17,19,26H,12-14H2,1-8H3,(H,28,29)/t15-,17?,19?,31?/m1/s1. The van der Waals surface area contributed by atoms with Gasteiger partial charge in [0.2, 0.25) is 0 Å². The highest BCUT2D eigenvalue weighted by atomic mass is 79.9. The fourth-order valence-electron chi connectivity index (χ4n) is 5.24. The lowest BCUT2D eigenvalue weighted by atomic mass is 9.65. The van der Waals surface area contributed by atoms with Crippen LogP contribution < -0.4 is 4.72 Å². The Labute approximate surface area is 199 Å². The van der Waals surface area contributed by atoms with Crippen LogP contribution in [0.2, 0.25) is 0 Å². The average molecular weight is 517 g/mol. The molecule has 0 spiro atoms. The van der Waals surface area contributed by atoms with Crippen molar-refractivity contribution in [3.05, 3.63) is 28.5 Å². The maximum Gasteiger partial charge on any atom is 0.407 e. The maximum absolute atomic E-state index is 12.9. The van der Waals surface area contributed by atoms with Crippen LogP contribution in [0.25, 0.3) is 0 Å². The van der Waals surface area contributed by atoms with Gasteiger partial charge in [0.1, 0.15) is 9.35 Å². The molecule has 3 unspecified atom stereocenters. The number of likely N-dealkylation sites (tertiary alicyclic amines) is 1. The van der Waals surface area contributed by atoms with Crippen molar-refractivity contribution in [2.24, 2.45) is 17.3 Å². The van der Waals surface area contributed by atoms with Crippen LogP contribution in [0.3, 0.4) is 0 Å². The van der Waals surface area contributed by atoms with Crippen molar-refractivity contribution in [3.8, 4) is 0 Å². The number of aromatic nitrogens is 1. The van der Waals surface area contributed by atoms with Crippen LogP contribution in [0.1, 0.15) is 80.0 Å². The summed E-state index contributed by atoms with van der Waals surface area (Å²) in [4.78, 5) is 18.2. The minimum absolute atomic E-state index is 0.0381. The van der Waals surface area contributed by atoms with E-state index in [-0.39, 0.29) is 23.3 Å². The van der Waals surface area contributed by atoms with Crippen molar-refractivity contribution >= 4 is 33.4 Å². The van der Waals surface area contributed by atoms with Gasteiger partial charge in [0.15, 0.2) is 0 Å². The summed E-state index contributed by atoms with van der Waals surface area (Å²) < 4.78 is 16.5. The van der Waals surface area contributed by atoms with Crippen LogP contribution in [-0.2, 0) is 11.4 Å². The second-order valence-electron chi connectivity index (χ2n) is 11.2. The Bertz CT molecular complexity index is 776. The van der Waals surface area contributed by atoms with E-state index in [4.69, 9.17) is 0 Å². The van der Waals surface area contributed by atoms with Crippen molar-refractivity contribution in [2.45, 2.75) is 84.6 Å². The van der Waals surface area contributed by atoms with Crippen LogP contribution >= 0.6 is 15.9 Å². The highest BCUT2D eigenvalue weighted by molar-refractivity contribution is 9.10. The van der Waals surface area contributed by atoms with Crippen molar-refractivity contribution < 1.29 is 14.5 Å². The maximum atomic E-state index is 12.9. The SMILES string of the molecule is CC(C)(C)C1[C@H](CCC(N[S+]([O-])C(C)(C)C)c2cccc(Br)n2)CN(C(=O)O)C1(C)C. The van der Waals surface area contributed by atoms with E-state index in [1.165, 1.54) is 0 Å². The Morgan fingerprint density at radius 1 is 1.35 bits per heavy atom. The molecular weight excluding hydrogens is 478 g/mol. The Morgan fingerprint density at radius 3 is 2.45 bits per heavy atom. The molecular formula is C23H38BrN3O3S. The summed E-state index contributed by atoms with van der Waals surface area (Å²) in [7, 11) is 0. The Morgan fingerprint density at radius 2 is 1.97 bits per heavy atom. The molecule has 0 aliphatic carbocycles. The van der Waals surface area contributed by atoms with E-state index in [0.29, 0.717) is 6.54 Å². The first-order valence-electron chi connectivity index (χ1n) is 10.9. The predicted molar refractivity (Wildman–Crippen MR) is 130 cm³/mol. The number of nitrogens with zero attached hydrogens (tertiary/aromatic N) is 2. The summed E-state index contributed by atoms with van der Waals surface area (Å²) in [6, 6.07) is 5.58. The fourth-order valence-corrected chi connectivity index (χ4v) is 6.45. The molecule has 0 saturated carbocycles. The van der Waals surface area contributed by atoms with E-state index in [0.717, 1.165) is 23.1 Å². The summed E-state index contributed by atoms with van der Waals surface area (Å²) in [6.07, 6.45) is 0.688. The Balaban J connectivity index is 2.29. The molecule has 1 amide bonds. The number of pyridine rings is 1. The van der Waals surface area contributed by atoms with Crippen molar-refractivity contribution in [3.63, 3.8) is 0 Å². The first-order valence-corrected chi connectivity index (χ1v) is 12.8. The zero-order chi connectivity index (χ0) is 23.8. The Hall–Kier alpha value is -0.830. The minimum Gasteiger partial charge on any atom is -0.598 e. The predicted octanol–water partition coefficient (Wildman–Crippen LogP) is 5.77. The quantitative estimate of drug-likeness (QED) is 0.370. The number of hydrogen-bond donors (Lipinski definition) is 2. The van der Waals surface area contributed by atoms with Gasteiger partial charge in [-0.1, -0.05) is 26.8 Å². The third-order valence-corrected chi connectivity index (χ3v) is 8.29. The van der Waals surface area contributed by atoms with E-state index >= 15 is 0 Å². The van der Waals surface area contributed by atoms with Crippen LogP contribution in [0.15, 0.2) is 22.8 Å². The molecule has 1 saturated heterocycles. The molecule has 0 aromatic carbocycles. The third-order valence-electron chi connectivity index (χ3n) is 6.23. The van der Waals surface area contributed by atoms with Gasteiger partial charge in [0.25, 0.3) is 0 Å². The smallest absolute Gasteiger partial charge is 0.407 e. The molecule has 6 nitrogen and oxygen atoms in total. The van der Waals surface area contributed by atoms with Crippen molar-refractivity contribution in [1.82, 2.24) is 14.6 Å². The zero-order valence-electron chi connectivity index (χ0n) is 20.0. The summed E-state index contributed by atoms with van der Waals surface area (Å²) in [5, 5.41) is 9.80. The number of halogens is 1. The van der Waals surface area contributed by atoms with Crippen LogP contribution in [0.4, 0.5) is 4.79 Å². The molecule has 2 rings (SSSR count). The van der Waals surface area contributed by atoms with Crippen molar-refractivity contribution in [2.75, 3.05) is 6.54 Å². The topological polar surface area (TPSA) is 88.5 Å². The van der Waals surface area contributed by atoms with Crippen LogP contribution in [-0.4, -0.2) is 42.5 Å². The monoisotopic (exact) mass is 515 g/mol. The van der Waals surface area contributed by atoms with Gasteiger partial charge in [-0.3, -0.25) is 0 Å². The molecule has 0 radical (unpaired) electrons. The number of rotatable bonds is 6. The molecule has 1 aromatic rings. The first-order chi connectivity index (χ1) is 14.0. The molecule has 0 bridgehead atoms. The number of nitrogens with one attached hydrogen (secondary N) is 1. The van der Waals surface area contributed by atoms with E-state index in [9.17, 15) is 14.5 Å². The average Bonchev–Trinajstić information content (AvgIpc) is 2.88. The number of carboxylic acid groups (broad SMARTS) is 1. The summed E-state index contributed by atoms with van der Waals surface area (Å²) >= 11 is 2.20. The lowest BCUT2D eigenvalue weighted by Gasteiger charge is -2.42. The molecule has 176 valence electrons. The van der Waals surface area contributed by atoms with Crippen LogP contribution in [0.5, 0.6) is 0 Å². The van der Waals surface area contributed by atoms with Gasteiger partial charge in [-0.25, -0.2) is 9.78 Å². The van der Waals surface area contributed by atoms with E-state index in [2.05, 4.69) is 46.4 Å². The third kappa shape index (κ3) is 6.36. The molecule has 4 atom stereocenters. The molecule has 1 aliphatic rings. The first kappa shape index (κ1) is 26.4. The molecule has 1 fully saturated rings. The molecule has 2 N–H and O–H groups in total. The molecule has 31 heavy (non-hydrogen) atoms. The van der Waals surface area contributed by atoms with Gasteiger partial charge in [-0.2, -0.15) is 0 Å². The van der Waals surface area contributed by atoms with Crippen LogP contribution in [0, 0.1) is 17.3 Å². The van der Waals surface area contributed by atoms with Gasteiger partial charge >= 0.3 is 6.09 Å². The molecule has 1 aliphatic heterocycles. The fraction of sp³-hybridized carbons (Fsp3) is 0.739. The largest absolute Gasteiger partial charge is 0.598 e. The highest BCUT2D eigenvalue weighted by Crippen LogP contribution is 2.50. The molecule has 2 heterocycles. The number of amides is 1. The summed E-state index contributed by atoms with van der Waals surface area (Å²) in [5.74, 6) is 0.422.